The molecule has 0 atom stereocenters. The van der Waals surface area contributed by atoms with Crippen molar-refractivity contribution in [1.29, 1.82) is 0 Å². The number of hydrogen-bond donors (Lipinski definition) is 0. The van der Waals surface area contributed by atoms with E-state index in [2.05, 4.69) is 0 Å². The van der Waals surface area contributed by atoms with Gasteiger partial charge in [0, 0.05) is 11.6 Å². The van der Waals surface area contributed by atoms with E-state index in [-0.39, 0.29) is 11.1 Å². The molecule has 5 heteroatoms. The lowest BCUT2D eigenvalue weighted by Crippen LogP contribution is -1.94. The van der Waals surface area contributed by atoms with Crippen molar-refractivity contribution in [3.8, 4) is 11.1 Å². The molecule has 17 heavy (non-hydrogen) atoms. The van der Waals surface area contributed by atoms with E-state index in [1.165, 1.54) is 30.3 Å². The first-order valence-corrected chi connectivity index (χ1v) is 4.78. The third-order valence-electron chi connectivity index (χ3n) is 2.31. The molecule has 0 saturated heterocycles. The number of rotatable bonds is 2. The number of nitro groups is 1. The Bertz CT molecular complexity index is 584. The molecule has 2 aromatic carbocycles. The van der Waals surface area contributed by atoms with Gasteiger partial charge in [-0.05, 0) is 17.7 Å². The maximum absolute atomic E-state index is 13.8. The Morgan fingerprint density at radius 2 is 1.76 bits per heavy atom. The fraction of sp³-hybridized carbons (Fsp3) is 0. The quantitative estimate of drug-likeness (QED) is 0.590. The van der Waals surface area contributed by atoms with E-state index < -0.39 is 22.2 Å². The Hall–Kier alpha value is -2.30. The molecule has 3 nitrogen and oxygen atoms in total. The Morgan fingerprint density at radius 1 is 1.06 bits per heavy atom. The number of halogens is 2. The predicted octanol–water partition coefficient (Wildman–Crippen LogP) is 3.54. The van der Waals surface area contributed by atoms with Gasteiger partial charge >= 0.3 is 5.69 Å². The largest absolute Gasteiger partial charge is 0.305 e. The van der Waals surface area contributed by atoms with Crippen molar-refractivity contribution < 1.29 is 13.7 Å². The molecule has 0 N–H and O–H groups in total. The van der Waals surface area contributed by atoms with Gasteiger partial charge in [-0.1, -0.05) is 24.3 Å². The van der Waals surface area contributed by atoms with Crippen molar-refractivity contribution in [2.24, 2.45) is 0 Å². The monoisotopic (exact) mass is 235 g/mol. The molecule has 2 rings (SSSR count). The molecule has 0 fully saturated rings. The minimum atomic E-state index is -0.955. The molecule has 0 aliphatic carbocycles. The highest BCUT2D eigenvalue weighted by Crippen LogP contribution is 2.28. The molecule has 0 aromatic heterocycles. The Labute approximate surface area is 95.5 Å². The highest BCUT2D eigenvalue weighted by molar-refractivity contribution is 5.67. The van der Waals surface area contributed by atoms with E-state index in [0.29, 0.717) is 0 Å². The van der Waals surface area contributed by atoms with Crippen LogP contribution in [0.2, 0.25) is 0 Å². The van der Waals surface area contributed by atoms with Crippen LogP contribution in [0.4, 0.5) is 14.5 Å². The first-order valence-electron chi connectivity index (χ1n) is 4.78. The van der Waals surface area contributed by atoms with Gasteiger partial charge in [-0.25, -0.2) is 4.39 Å². The molecule has 86 valence electrons. The predicted molar refractivity (Wildman–Crippen MR) is 58.4 cm³/mol. The van der Waals surface area contributed by atoms with Crippen LogP contribution in [0.25, 0.3) is 11.1 Å². The number of nitrogens with zero attached hydrogens (tertiary/aromatic N) is 1. The lowest BCUT2D eigenvalue weighted by Gasteiger charge is -2.03. The average Bonchev–Trinajstić information content (AvgIpc) is 2.29. The number of benzene rings is 2. The van der Waals surface area contributed by atoms with Crippen molar-refractivity contribution in [1.82, 2.24) is 0 Å². The van der Waals surface area contributed by atoms with Crippen LogP contribution in [0.15, 0.2) is 42.5 Å². The van der Waals surface area contributed by atoms with Crippen LogP contribution in [0.5, 0.6) is 0 Å². The van der Waals surface area contributed by atoms with Gasteiger partial charge in [0.15, 0.2) is 0 Å². The van der Waals surface area contributed by atoms with E-state index in [1.807, 2.05) is 0 Å². The first kappa shape index (κ1) is 11.2. The molecule has 0 saturated carbocycles. The average molecular weight is 235 g/mol. The summed E-state index contributed by atoms with van der Waals surface area (Å²) in [5.41, 5.74) is -0.336. The lowest BCUT2D eigenvalue weighted by molar-refractivity contribution is -0.387. The molecule has 0 bridgehead atoms. The summed E-state index contributed by atoms with van der Waals surface area (Å²) >= 11 is 0. The van der Waals surface area contributed by atoms with E-state index >= 15 is 0 Å². The minimum Gasteiger partial charge on any atom is -0.258 e. The third-order valence-corrected chi connectivity index (χ3v) is 2.31. The first-order chi connectivity index (χ1) is 8.09. The summed E-state index contributed by atoms with van der Waals surface area (Å²) in [6, 6.07) is 9.06. The van der Waals surface area contributed by atoms with Crippen LogP contribution in [0.3, 0.4) is 0 Å². The van der Waals surface area contributed by atoms with Crippen molar-refractivity contribution in [2.75, 3.05) is 0 Å². The second-order valence-electron chi connectivity index (χ2n) is 3.41. The van der Waals surface area contributed by atoms with Crippen LogP contribution in [0, 0.1) is 21.7 Å². The van der Waals surface area contributed by atoms with Crippen LogP contribution in [-0.2, 0) is 0 Å². The second kappa shape index (κ2) is 4.29. The van der Waals surface area contributed by atoms with Crippen LogP contribution in [-0.4, -0.2) is 4.92 Å². The smallest absolute Gasteiger partial charge is 0.258 e. The Kier molecular flexibility index (Phi) is 2.82. The van der Waals surface area contributed by atoms with Gasteiger partial charge in [-0.15, -0.1) is 0 Å². The molecule has 0 aliphatic rings. The summed E-state index contributed by atoms with van der Waals surface area (Å²) in [5, 5.41) is 10.6. The van der Waals surface area contributed by atoms with Gasteiger partial charge in [0.25, 0.3) is 0 Å². The van der Waals surface area contributed by atoms with Crippen molar-refractivity contribution in [3.05, 3.63) is 64.2 Å². The van der Waals surface area contributed by atoms with Crippen LogP contribution < -0.4 is 0 Å². The van der Waals surface area contributed by atoms with E-state index in [4.69, 9.17) is 0 Å². The van der Waals surface area contributed by atoms with Crippen LogP contribution >= 0.6 is 0 Å². The lowest BCUT2D eigenvalue weighted by atomic mass is 10.0. The number of nitro benzene ring substituents is 1. The Morgan fingerprint density at radius 3 is 2.41 bits per heavy atom. The summed E-state index contributed by atoms with van der Waals surface area (Å²) in [6.07, 6.45) is 0. The SMILES string of the molecule is O=[N+]([O-])c1cccc(-c2cccc(F)c2)c1F. The summed E-state index contributed by atoms with van der Waals surface area (Å²) < 4.78 is 26.8. The van der Waals surface area contributed by atoms with E-state index in [9.17, 15) is 18.9 Å². The third kappa shape index (κ3) is 2.13. The van der Waals surface area contributed by atoms with Crippen molar-refractivity contribution in [2.45, 2.75) is 0 Å². The Balaban J connectivity index is 2.60. The zero-order valence-electron chi connectivity index (χ0n) is 8.56. The van der Waals surface area contributed by atoms with E-state index in [0.717, 1.165) is 12.1 Å². The molecule has 0 heterocycles. The molecule has 2 aromatic rings. The van der Waals surface area contributed by atoms with E-state index in [1.54, 1.807) is 0 Å². The fourth-order valence-corrected chi connectivity index (χ4v) is 1.54. The van der Waals surface area contributed by atoms with Gasteiger partial charge in [-0.2, -0.15) is 4.39 Å². The molecule has 0 spiro atoms. The number of hydrogen-bond acceptors (Lipinski definition) is 2. The fourth-order valence-electron chi connectivity index (χ4n) is 1.54. The molecular formula is C12H7F2NO2. The topological polar surface area (TPSA) is 43.1 Å². The summed E-state index contributed by atoms with van der Waals surface area (Å²) in [5.74, 6) is -1.48. The van der Waals surface area contributed by atoms with Gasteiger partial charge in [0.1, 0.15) is 5.82 Å². The molecule has 0 aliphatic heterocycles. The molecule has 0 unspecified atom stereocenters. The zero-order chi connectivity index (χ0) is 12.4. The van der Waals surface area contributed by atoms with Gasteiger partial charge in [0.05, 0.1) is 4.92 Å². The standard InChI is InChI=1S/C12H7F2NO2/c13-9-4-1-3-8(7-9)10-5-2-6-11(12(10)14)15(16)17/h1-7H. The summed E-state index contributed by atoms with van der Waals surface area (Å²) in [7, 11) is 0. The van der Waals surface area contributed by atoms with Crippen molar-refractivity contribution in [3.63, 3.8) is 0 Å². The second-order valence-corrected chi connectivity index (χ2v) is 3.41. The van der Waals surface area contributed by atoms with Gasteiger partial charge in [0.2, 0.25) is 5.82 Å². The molecular weight excluding hydrogens is 228 g/mol. The highest BCUT2D eigenvalue weighted by Gasteiger charge is 2.18. The molecule has 0 amide bonds. The van der Waals surface area contributed by atoms with Crippen molar-refractivity contribution >= 4 is 5.69 Å². The summed E-state index contributed by atoms with van der Waals surface area (Å²) in [4.78, 5) is 9.76. The highest BCUT2D eigenvalue weighted by atomic mass is 19.1. The van der Waals surface area contributed by atoms with Crippen LogP contribution in [0.1, 0.15) is 0 Å². The van der Waals surface area contributed by atoms with Gasteiger partial charge in [-0.3, -0.25) is 10.1 Å². The minimum absolute atomic E-state index is 0.0127. The maximum Gasteiger partial charge on any atom is 0.305 e. The normalized spacial score (nSPS) is 10.2. The molecule has 0 radical (unpaired) electrons. The van der Waals surface area contributed by atoms with Gasteiger partial charge < -0.3 is 0 Å². The summed E-state index contributed by atoms with van der Waals surface area (Å²) in [6.45, 7) is 0. The zero-order valence-corrected chi connectivity index (χ0v) is 8.56. The maximum atomic E-state index is 13.8.